The molecule has 3 aromatic rings. The summed E-state index contributed by atoms with van der Waals surface area (Å²) in [6.45, 7) is 2.52. The fraction of sp³-hybridized carbons (Fsp3) is 0.355. The van der Waals surface area contributed by atoms with E-state index in [1.54, 1.807) is 19.1 Å². The molecule has 11 nitrogen and oxygen atoms in total. The molecule has 3 aromatic carbocycles. The van der Waals surface area contributed by atoms with Crippen molar-refractivity contribution >= 4 is 49.1 Å². The van der Waals surface area contributed by atoms with Crippen LogP contribution >= 0.6 is 15.9 Å². The standard InChI is InChI=1S/C31H35BrN4O7S/c1-21-11-16-28(18-29(21)36(39)40)44(41,42)35(26-12-14-27(43-3)15-13-26)20-30(37)34(19-23-7-6-8-24(32)17-23)22(2)31(38)33-25-9-4-5-10-25/h6-8,11-18,22,25H,4-5,9-10,19-20H2,1-3H3,(H,33,38)/t22-/m1/s1. The molecule has 0 radical (unpaired) electrons. The lowest BCUT2D eigenvalue weighted by Gasteiger charge is -2.32. The zero-order valence-electron chi connectivity index (χ0n) is 24.7. The summed E-state index contributed by atoms with van der Waals surface area (Å²) >= 11 is 3.44. The smallest absolute Gasteiger partial charge is 0.273 e. The summed E-state index contributed by atoms with van der Waals surface area (Å²) in [4.78, 5) is 39.5. The van der Waals surface area contributed by atoms with Crippen LogP contribution in [0.1, 0.15) is 43.7 Å². The molecule has 234 valence electrons. The van der Waals surface area contributed by atoms with Gasteiger partial charge < -0.3 is 15.0 Å². The molecule has 0 bridgehead atoms. The number of anilines is 1. The Balaban J connectivity index is 1.73. The normalized spacial score (nSPS) is 14.1. The van der Waals surface area contributed by atoms with Crippen LogP contribution in [-0.4, -0.2) is 55.8 Å². The largest absolute Gasteiger partial charge is 0.497 e. The van der Waals surface area contributed by atoms with Crippen molar-refractivity contribution in [3.05, 3.63) is 92.4 Å². The van der Waals surface area contributed by atoms with E-state index in [4.69, 9.17) is 4.74 Å². The number of carbonyl (C=O) groups excluding carboxylic acids is 2. The highest BCUT2D eigenvalue weighted by atomic mass is 79.9. The van der Waals surface area contributed by atoms with Crippen molar-refractivity contribution in [2.24, 2.45) is 0 Å². The second kappa shape index (κ2) is 14.2. The molecule has 0 heterocycles. The lowest BCUT2D eigenvalue weighted by molar-refractivity contribution is -0.385. The first kappa shape index (κ1) is 32.9. The fourth-order valence-corrected chi connectivity index (χ4v) is 7.04. The van der Waals surface area contributed by atoms with Gasteiger partial charge in [0.2, 0.25) is 11.8 Å². The molecule has 2 amide bonds. The summed E-state index contributed by atoms with van der Waals surface area (Å²) in [5.41, 5.74) is 0.818. The molecule has 1 aliphatic rings. The molecule has 1 atom stereocenters. The number of rotatable bonds is 12. The molecule has 4 rings (SSSR count). The molecule has 0 saturated heterocycles. The van der Waals surface area contributed by atoms with Gasteiger partial charge in [0.05, 0.1) is 22.6 Å². The summed E-state index contributed by atoms with van der Waals surface area (Å²) in [5.74, 6) is -0.481. The summed E-state index contributed by atoms with van der Waals surface area (Å²) in [6.07, 6.45) is 3.77. The molecule has 1 N–H and O–H groups in total. The van der Waals surface area contributed by atoms with Gasteiger partial charge in [0.1, 0.15) is 18.3 Å². The maximum Gasteiger partial charge on any atom is 0.273 e. The number of hydrogen-bond acceptors (Lipinski definition) is 7. The first-order valence-corrected chi connectivity index (χ1v) is 16.4. The van der Waals surface area contributed by atoms with Crippen LogP contribution in [0, 0.1) is 17.0 Å². The monoisotopic (exact) mass is 686 g/mol. The highest BCUT2D eigenvalue weighted by Gasteiger charge is 2.34. The molecule has 0 spiro atoms. The van der Waals surface area contributed by atoms with Gasteiger partial charge in [0.25, 0.3) is 15.7 Å². The van der Waals surface area contributed by atoms with Gasteiger partial charge in [-0.05, 0) is 74.7 Å². The van der Waals surface area contributed by atoms with Gasteiger partial charge in [0.15, 0.2) is 0 Å². The van der Waals surface area contributed by atoms with E-state index >= 15 is 0 Å². The van der Waals surface area contributed by atoms with E-state index in [0.29, 0.717) is 11.3 Å². The van der Waals surface area contributed by atoms with E-state index in [-0.39, 0.29) is 34.8 Å². The Morgan fingerprint density at radius 1 is 1.09 bits per heavy atom. The van der Waals surface area contributed by atoms with Gasteiger partial charge in [-0.15, -0.1) is 0 Å². The number of nitrogens with zero attached hydrogens (tertiary/aromatic N) is 3. The molecule has 44 heavy (non-hydrogen) atoms. The number of aryl methyl sites for hydroxylation is 1. The van der Waals surface area contributed by atoms with Crippen LogP contribution in [0.25, 0.3) is 0 Å². The fourth-order valence-electron chi connectivity index (χ4n) is 5.16. The minimum Gasteiger partial charge on any atom is -0.497 e. The summed E-state index contributed by atoms with van der Waals surface area (Å²) in [7, 11) is -3.02. The minimum atomic E-state index is -4.49. The number of benzene rings is 3. The van der Waals surface area contributed by atoms with E-state index in [1.807, 2.05) is 24.3 Å². The average Bonchev–Trinajstić information content (AvgIpc) is 3.51. The number of ether oxygens (including phenoxy) is 1. The highest BCUT2D eigenvalue weighted by Crippen LogP contribution is 2.30. The third kappa shape index (κ3) is 7.75. The molecule has 1 fully saturated rings. The van der Waals surface area contributed by atoms with Crippen molar-refractivity contribution < 1.29 is 27.7 Å². The number of sulfonamides is 1. The average molecular weight is 688 g/mol. The second-order valence-electron chi connectivity index (χ2n) is 10.7. The summed E-state index contributed by atoms with van der Waals surface area (Å²) < 4.78 is 35.1. The van der Waals surface area contributed by atoms with Crippen molar-refractivity contribution in [1.82, 2.24) is 10.2 Å². The first-order chi connectivity index (χ1) is 20.9. The number of hydrogen-bond donors (Lipinski definition) is 1. The predicted molar refractivity (Wildman–Crippen MR) is 170 cm³/mol. The molecule has 0 unspecified atom stereocenters. The van der Waals surface area contributed by atoms with Gasteiger partial charge in [-0.3, -0.25) is 24.0 Å². The van der Waals surface area contributed by atoms with Gasteiger partial charge in [-0.1, -0.05) is 47.0 Å². The zero-order valence-corrected chi connectivity index (χ0v) is 27.1. The minimum absolute atomic E-state index is 0.0290. The van der Waals surface area contributed by atoms with Gasteiger partial charge in [-0.25, -0.2) is 8.42 Å². The van der Waals surface area contributed by atoms with E-state index in [2.05, 4.69) is 21.2 Å². The lowest BCUT2D eigenvalue weighted by Crippen LogP contribution is -2.52. The molecule has 1 aliphatic carbocycles. The number of methoxy groups -OCH3 is 1. The number of carbonyl (C=O) groups is 2. The predicted octanol–water partition coefficient (Wildman–Crippen LogP) is 5.35. The molecular formula is C31H35BrN4O7S. The maximum absolute atomic E-state index is 14.1. The van der Waals surface area contributed by atoms with Crippen molar-refractivity contribution in [3.63, 3.8) is 0 Å². The Kier molecular flexibility index (Phi) is 10.6. The number of nitro groups is 1. The Morgan fingerprint density at radius 2 is 1.77 bits per heavy atom. The van der Waals surface area contributed by atoms with Crippen LogP contribution in [0.5, 0.6) is 5.75 Å². The Morgan fingerprint density at radius 3 is 2.39 bits per heavy atom. The van der Waals surface area contributed by atoms with Crippen LogP contribution in [0.3, 0.4) is 0 Å². The molecule has 0 aromatic heterocycles. The summed E-state index contributed by atoms with van der Waals surface area (Å²) in [6, 6.07) is 16.1. The molecule has 0 aliphatic heterocycles. The number of halogens is 1. The van der Waals surface area contributed by atoms with Crippen molar-refractivity contribution in [2.75, 3.05) is 18.0 Å². The van der Waals surface area contributed by atoms with Crippen LogP contribution in [-0.2, 0) is 26.2 Å². The SMILES string of the molecule is COc1ccc(N(CC(=O)N(Cc2cccc(Br)c2)[C@H](C)C(=O)NC2CCCC2)S(=O)(=O)c2ccc(C)c([N+](=O)[O-])c2)cc1. The highest BCUT2D eigenvalue weighted by molar-refractivity contribution is 9.10. The van der Waals surface area contributed by atoms with E-state index < -0.39 is 33.4 Å². The molecular weight excluding hydrogens is 652 g/mol. The van der Waals surface area contributed by atoms with Gasteiger partial charge in [-0.2, -0.15) is 0 Å². The number of amides is 2. The van der Waals surface area contributed by atoms with Crippen LogP contribution in [0.15, 0.2) is 76.1 Å². The van der Waals surface area contributed by atoms with Crippen LogP contribution in [0.4, 0.5) is 11.4 Å². The second-order valence-corrected chi connectivity index (χ2v) is 13.5. The number of nitro benzene ring substituents is 1. The lowest BCUT2D eigenvalue weighted by atomic mass is 10.1. The van der Waals surface area contributed by atoms with Crippen LogP contribution in [0.2, 0.25) is 0 Å². The summed E-state index contributed by atoms with van der Waals surface area (Å²) in [5, 5.41) is 14.7. The van der Waals surface area contributed by atoms with Crippen molar-refractivity contribution in [1.29, 1.82) is 0 Å². The van der Waals surface area contributed by atoms with Gasteiger partial charge in [0, 0.05) is 28.7 Å². The van der Waals surface area contributed by atoms with Gasteiger partial charge >= 0.3 is 0 Å². The molecule has 13 heteroatoms. The third-order valence-electron chi connectivity index (χ3n) is 7.72. The Labute approximate surface area is 265 Å². The first-order valence-electron chi connectivity index (χ1n) is 14.2. The van der Waals surface area contributed by atoms with E-state index in [1.165, 1.54) is 43.2 Å². The topological polar surface area (TPSA) is 139 Å². The van der Waals surface area contributed by atoms with Crippen LogP contribution < -0.4 is 14.4 Å². The molecule has 1 saturated carbocycles. The van der Waals surface area contributed by atoms with E-state index in [0.717, 1.165) is 46.1 Å². The third-order valence-corrected chi connectivity index (χ3v) is 9.98. The van der Waals surface area contributed by atoms with Crippen molar-refractivity contribution in [2.45, 2.75) is 63.1 Å². The van der Waals surface area contributed by atoms with Crippen molar-refractivity contribution in [3.8, 4) is 5.75 Å². The number of nitrogens with one attached hydrogen (secondary N) is 1. The maximum atomic E-state index is 14.1. The van der Waals surface area contributed by atoms with E-state index in [9.17, 15) is 28.1 Å². The quantitative estimate of drug-likeness (QED) is 0.200. The Hall–Kier alpha value is -3.97. The Bertz CT molecular complexity index is 1630. The zero-order chi connectivity index (χ0) is 32.0.